The first-order chi connectivity index (χ1) is 12.1. The highest BCUT2D eigenvalue weighted by atomic mass is 16.5. The average molecular weight is 337 g/mol. The molecule has 0 bridgehead atoms. The van der Waals surface area contributed by atoms with Gasteiger partial charge in [0.25, 0.3) is 11.8 Å². The number of aliphatic hydroxyl groups excluding tert-OH is 1. The van der Waals surface area contributed by atoms with Gasteiger partial charge in [0.2, 0.25) is 0 Å². The number of carbonyl (C=O) groups is 2. The molecular weight excluding hydrogens is 318 g/mol. The van der Waals surface area contributed by atoms with E-state index in [1.165, 1.54) is 6.08 Å². The van der Waals surface area contributed by atoms with Gasteiger partial charge in [0.05, 0.1) is 30.4 Å². The minimum Gasteiger partial charge on any atom is -0.386 e. The zero-order valence-electron chi connectivity index (χ0n) is 13.7. The van der Waals surface area contributed by atoms with Crippen molar-refractivity contribution >= 4 is 11.8 Å². The largest absolute Gasteiger partial charge is 0.386 e. The predicted octanol–water partition coefficient (Wildman–Crippen LogP) is 2.41. The Labute approximate surface area is 146 Å². The molecule has 0 spiro atoms. The van der Waals surface area contributed by atoms with Crippen LogP contribution in [-0.2, 0) is 11.3 Å². The Morgan fingerprint density at radius 1 is 1.00 bits per heavy atom. The summed E-state index contributed by atoms with van der Waals surface area (Å²) >= 11 is 0. The van der Waals surface area contributed by atoms with Crippen LogP contribution >= 0.6 is 0 Å². The molecule has 128 valence electrons. The van der Waals surface area contributed by atoms with E-state index in [1.54, 1.807) is 24.3 Å². The van der Waals surface area contributed by atoms with Gasteiger partial charge >= 0.3 is 0 Å². The third kappa shape index (κ3) is 3.52. The van der Waals surface area contributed by atoms with Crippen molar-refractivity contribution < 1.29 is 19.4 Å². The number of aliphatic hydroxyl groups is 1. The number of imide groups is 1. The van der Waals surface area contributed by atoms with E-state index in [2.05, 4.69) is 6.58 Å². The van der Waals surface area contributed by atoms with Crippen molar-refractivity contribution in [1.29, 1.82) is 0 Å². The fraction of sp³-hybridized carbons (Fsp3) is 0.200. The predicted molar refractivity (Wildman–Crippen MR) is 93.0 cm³/mol. The second-order valence-corrected chi connectivity index (χ2v) is 5.83. The number of benzene rings is 2. The van der Waals surface area contributed by atoms with E-state index >= 15 is 0 Å². The van der Waals surface area contributed by atoms with Crippen molar-refractivity contribution in [3.05, 3.63) is 83.9 Å². The Morgan fingerprint density at radius 3 is 2.12 bits per heavy atom. The first-order valence-electron chi connectivity index (χ1n) is 8.03. The molecule has 1 heterocycles. The van der Waals surface area contributed by atoms with Crippen molar-refractivity contribution in [2.45, 2.75) is 18.8 Å². The molecule has 25 heavy (non-hydrogen) atoms. The molecule has 1 aliphatic rings. The summed E-state index contributed by atoms with van der Waals surface area (Å²) in [6.45, 7) is 3.80. The van der Waals surface area contributed by atoms with Crippen LogP contribution in [0.25, 0.3) is 0 Å². The van der Waals surface area contributed by atoms with Crippen molar-refractivity contribution in [2.75, 3.05) is 6.54 Å². The smallest absolute Gasteiger partial charge is 0.261 e. The summed E-state index contributed by atoms with van der Waals surface area (Å²) in [5, 5.41) is 10.2. The van der Waals surface area contributed by atoms with Crippen LogP contribution in [0.1, 0.15) is 26.3 Å². The minimum absolute atomic E-state index is 0.0354. The molecule has 0 unspecified atom stereocenters. The van der Waals surface area contributed by atoms with Crippen LogP contribution in [0.3, 0.4) is 0 Å². The standard InChI is InChI=1S/C20H19NO4/c1-2-17(22)18(25-13-14-8-4-3-5-9-14)12-21-19(23)15-10-6-7-11-16(15)20(21)24/h2-11,17-18,22H,1,12-13H2/t17-,18+/m1/s1. The fourth-order valence-electron chi connectivity index (χ4n) is 2.77. The monoisotopic (exact) mass is 337 g/mol. The molecule has 1 aliphatic heterocycles. The Morgan fingerprint density at radius 2 is 1.56 bits per heavy atom. The number of carbonyl (C=O) groups excluding carboxylic acids is 2. The van der Waals surface area contributed by atoms with Crippen LogP contribution in [0.4, 0.5) is 0 Å². The maximum atomic E-state index is 12.5. The van der Waals surface area contributed by atoms with E-state index in [0.29, 0.717) is 11.1 Å². The molecule has 2 amide bonds. The molecule has 1 N–H and O–H groups in total. The molecule has 2 aromatic carbocycles. The topological polar surface area (TPSA) is 66.8 Å². The van der Waals surface area contributed by atoms with Gasteiger partial charge in [-0.1, -0.05) is 48.5 Å². The molecule has 0 fully saturated rings. The Bertz CT molecular complexity index is 752. The number of amides is 2. The van der Waals surface area contributed by atoms with Crippen molar-refractivity contribution in [2.24, 2.45) is 0 Å². The lowest BCUT2D eigenvalue weighted by Gasteiger charge is -2.25. The van der Waals surface area contributed by atoms with Crippen LogP contribution in [-0.4, -0.2) is 40.6 Å². The quantitative estimate of drug-likeness (QED) is 0.622. The third-order valence-corrected chi connectivity index (χ3v) is 4.17. The number of nitrogens with zero attached hydrogens (tertiary/aromatic N) is 1. The fourth-order valence-corrected chi connectivity index (χ4v) is 2.77. The summed E-state index contributed by atoms with van der Waals surface area (Å²) in [5.41, 5.74) is 1.69. The van der Waals surface area contributed by atoms with Gasteiger partial charge in [-0.25, -0.2) is 0 Å². The molecule has 0 aliphatic carbocycles. The van der Waals surface area contributed by atoms with E-state index in [9.17, 15) is 14.7 Å². The van der Waals surface area contributed by atoms with Gasteiger partial charge in [-0.2, -0.15) is 0 Å². The van der Waals surface area contributed by atoms with Crippen molar-refractivity contribution in [1.82, 2.24) is 4.90 Å². The van der Waals surface area contributed by atoms with E-state index in [4.69, 9.17) is 4.74 Å². The normalized spacial score (nSPS) is 15.8. The van der Waals surface area contributed by atoms with Gasteiger partial charge in [-0.15, -0.1) is 6.58 Å². The number of ether oxygens (including phenoxy) is 1. The van der Waals surface area contributed by atoms with Gasteiger partial charge in [-0.05, 0) is 17.7 Å². The highest BCUT2D eigenvalue weighted by molar-refractivity contribution is 6.21. The number of hydrogen-bond donors (Lipinski definition) is 1. The third-order valence-electron chi connectivity index (χ3n) is 4.17. The molecule has 0 radical (unpaired) electrons. The van der Waals surface area contributed by atoms with E-state index in [0.717, 1.165) is 10.5 Å². The molecule has 2 atom stereocenters. The van der Waals surface area contributed by atoms with Gasteiger partial charge in [-0.3, -0.25) is 14.5 Å². The van der Waals surface area contributed by atoms with Gasteiger partial charge in [0.1, 0.15) is 6.10 Å². The van der Waals surface area contributed by atoms with E-state index in [1.807, 2.05) is 30.3 Å². The lowest BCUT2D eigenvalue weighted by atomic mass is 10.1. The summed E-state index contributed by atoms with van der Waals surface area (Å²) in [6.07, 6.45) is -0.402. The highest BCUT2D eigenvalue weighted by Gasteiger charge is 2.37. The van der Waals surface area contributed by atoms with Crippen LogP contribution in [0.15, 0.2) is 67.3 Å². The second-order valence-electron chi connectivity index (χ2n) is 5.83. The molecule has 3 rings (SSSR count). The zero-order chi connectivity index (χ0) is 17.8. The van der Waals surface area contributed by atoms with Crippen molar-refractivity contribution in [3.8, 4) is 0 Å². The zero-order valence-corrected chi connectivity index (χ0v) is 13.7. The second kappa shape index (κ2) is 7.42. The molecule has 2 aromatic rings. The lowest BCUT2D eigenvalue weighted by Crippen LogP contribution is -2.42. The maximum absolute atomic E-state index is 12.5. The van der Waals surface area contributed by atoms with Crippen molar-refractivity contribution in [3.63, 3.8) is 0 Å². The average Bonchev–Trinajstić information content (AvgIpc) is 2.90. The molecule has 0 saturated carbocycles. The first kappa shape index (κ1) is 17.1. The summed E-state index contributed by atoms with van der Waals surface area (Å²) < 4.78 is 5.77. The lowest BCUT2D eigenvalue weighted by molar-refractivity contribution is -0.0369. The SMILES string of the molecule is C=C[C@@H](O)[C@H](CN1C(=O)c2ccccc2C1=O)OCc1ccccc1. The molecule has 5 heteroatoms. The summed E-state index contributed by atoms with van der Waals surface area (Å²) in [4.78, 5) is 26.1. The number of rotatable bonds is 7. The van der Waals surface area contributed by atoms with E-state index < -0.39 is 12.2 Å². The molecule has 0 saturated heterocycles. The van der Waals surface area contributed by atoms with E-state index in [-0.39, 0.29) is 25.0 Å². The first-order valence-corrected chi connectivity index (χ1v) is 8.03. The minimum atomic E-state index is -0.993. The molecular formula is C20H19NO4. The van der Waals surface area contributed by atoms with Crippen LogP contribution in [0.5, 0.6) is 0 Å². The van der Waals surface area contributed by atoms with Crippen LogP contribution in [0, 0.1) is 0 Å². The Kier molecular flexibility index (Phi) is 5.07. The molecule has 0 aromatic heterocycles. The number of fused-ring (bicyclic) bond motifs is 1. The summed E-state index contributed by atoms with van der Waals surface area (Å²) in [5.74, 6) is -0.740. The number of hydrogen-bond acceptors (Lipinski definition) is 4. The highest BCUT2D eigenvalue weighted by Crippen LogP contribution is 2.23. The molecule has 5 nitrogen and oxygen atoms in total. The van der Waals surface area contributed by atoms with Gasteiger partial charge < -0.3 is 9.84 Å². The van der Waals surface area contributed by atoms with Gasteiger partial charge in [0, 0.05) is 0 Å². The maximum Gasteiger partial charge on any atom is 0.261 e. The summed E-state index contributed by atoms with van der Waals surface area (Å²) in [6, 6.07) is 16.2. The Balaban J connectivity index is 1.74. The Hall–Kier alpha value is -2.76. The summed E-state index contributed by atoms with van der Waals surface area (Å²) in [7, 11) is 0. The van der Waals surface area contributed by atoms with Gasteiger partial charge in [0.15, 0.2) is 0 Å². The van der Waals surface area contributed by atoms with Crippen LogP contribution < -0.4 is 0 Å². The van der Waals surface area contributed by atoms with Crippen LogP contribution in [0.2, 0.25) is 0 Å².